The number of rotatable bonds is 1. The molecule has 0 radical (unpaired) electrons. The first-order valence-electron chi connectivity index (χ1n) is 13.5. The monoisotopic (exact) mass is 509 g/mol. The molecule has 3 heterocycles. The normalized spacial score (nSPS) is 12.5. The quantitative estimate of drug-likeness (QED) is 0.221. The molecule has 4 nitrogen and oxygen atoms in total. The SMILES string of the molecule is c1cc2c3c(cccc3c1)-c1cccc3c1c1c-2cccc1n3-c1ncc2oc3ccc4ccccc4c3c2n1. The van der Waals surface area contributed by atoms with Gasteiger partial charge in [-0.15, -0.1) is 0 Å². The smallest absolute Gasteiger partial charge is 0.235 e. The van der Waals surface area contributed by atoms with Crippen molar-refractivity contribution in [2.45, 2.75) is 0 Å². The average Bonchev–Trinajstić information content (AvgIpc) is 3.52. The second-order valence-corrected chi connectivity index (χ2v) is 10.6. The van der Waals surface area contributed by atoms with Crippen molar-refractivity contribution in [3.8, 4) is 28.2 Å². The summed E-state index contributed by atoms with van der Waals surface area (Å²) in [7, 11) is 0. The van der Waals surface area contributed by atoms with Crippen LogP contribution in [0.1, 0.15) is 0 Å². The third-order valence-corrected chi connectivity index (χ3v) is 8.59. The van der Waals surface area contributed by atoms with E-state index in [2.05, 4.69) is 108 Å². The van der Waals surface area contributed by atoms with Gasteiger partial charge in [0.15, 0.2) is 5.58 Å². The molecular weight excluding hydrogens is 490 g/mol. The molecular formula is C36H19N3O. The summed E-state index contributed by atoms with van der Waals surface area (Å²) in [6.07, 6.45) is 1.82. The van der Waals surface area contributed by atoms with Gasteiger partial charge in [0.25, 0.3) is 0 Å². The molecule has 3 aromatic heterocycles. The minimum Gasteiger partial charge on any atom is -0.453 e. The Labute approximate surface area is 227 Å². The van der Waals surface area contributed by atoms with E-state index >= 15 is 0 Å². The lowest BCUT2D eigenvalue weighted by atomic mass is 9.93. The van der Waals surface area contributed by atoms with Crippen LogP contribution in [0.3, 0.4) is 0 Å². The van der Waals surface area contributed by atoms with E-state index in [0.717, 1.165) is 32.9 Å². The number of hydrogen-bond donors (Lipinski definition) is 0. The topological polar surface area (TPSA) is 43.9 Å². The highest BCUT2D eigenvalue weighted by molar-refractivity contribution is 6.27. The summed E-state index contributed by atoms with van der Waals surface area (Å²) >= 11 is 0. The van der Waals surface area contributed by atoms with Crippen LogP contribution in [-0.4, -0.2) is 14.5 Å². The van der Waals surface area contributed by atoms with Crippen molar-refractivity contribution in [1.82, 2.24) is 14.5 Å². The molecule has 10 rings (SSSR count). The van der Waals surface area contributed by atoms with Crippen LogP contribution in [0.5, 0.6) is 0 Å². The first-order chi connectivity index (χ1) is 19.8. The van der Waals surface area contributed by atoms with Gasteiger partial charge in [-0.05, 0) is 62.0 Å². The molecule has 184 valence electrons. The highest BCUT2D eigenvalue weighted by Crippen LogP contribution is 2.49. The Kier molecular flexibility index (Phi) is 3.65. The molecule has 0 saturated heterocycles. The Balaban J connectivity index is 1.37. The fourth-order valence-electron chi connectivity index (χ4n) is 6.98. The Hall–Kier alpha value is -5.48. The third kappa shape index (κ3) is 2.42. The zero-order valence-electron chi connectivity index (χ0n) is 21.2. The molecule has 1 aliphatic carbocycles. The van der Waals surface area contributed by atoms with Crippen LogP contribution in [0, 0.1) is 0 Å². The zero-order chi connectivity index (χ0) is 25.9. The predicted molar refractivity (Wildman–Crippen MR) is 163 cm³/mol. The lowest BCUT2D eigenvalue weighted by Crippen LogP contribution is -2.00. The van der Waals surface area contributed by atoms with Crippen LogP contribution in [0.2, 0.25) is 0 Å². The van der Waals surface area contributed by atoms with E-state index in [0.29, 0.717) is 11.5 Å². The van der Waals surface area contributed by atoms with E-state index in [-0.39, 0.29) is 0 Å². The summed E-state index contributed by atoms with van der Waals surface area (Å²) in [6.45, 7) is 0. The molecule has 0 atom stereocenters. The summed E-state index contributed by atoms with van der Waals surface area (Å²) in [5, 5.41) is 8.37. The molecule has 9 aromatic rings. The Morgan fingerprint density at radius 2 is 1.12 bits per heavy atom. The van der Waals surface area contributed by atoms with Crippen molar-refractivity contribution in [2.24, 2.45) is 0 Å². The van der Waals surface area contributed by atoms with Gasteiger partial charge in [0.05, 0.1) is 22.6 Å². The van der Waals surface area contributed by atoms with E-state index in [1.165, 1.54) is 49.2 Å². The van der Waals surface area contributed by atoms with Gasteiger partial charge in [0.1, 0.15) is 11.1 Å². The minimum absolute atomic E-state index is 0.643. The summed E-state index contributed by atoms with van der Waals surface area (Å²) < 4.78 is 8.43. The van der Waals surface area contributed by atoms with Crippen molar-refractivity contribution in [1.29, 1.82) is 0 Å². The first kappa shape index (κ1) is 20.5. The highest BCUT2D eigenvalue weighted by atomic mass is 16.3. The molecule has 0 amide bonds. The molecule has 0 aliphatic heterocycles. The molecule has 6 aromatic carbocycles. The molecule has 4 heteroatoms. The number of aromatic nitrogens is 3. The fourth-order valence-corrected chi connectivity index (χ4v) is 6.98. The Morgan fingerprint density at radius 3 is 1.85 bits per heavy atom. The van der Waals surface area contributed by atoms with Crippen LogP contribution in [0.25, 0.3) is 93.6 Å². The molecule has 0 bridgehead atoms. The van der Waals surface area contributed by atoms with Crippen LogP contribution < -0.4 is 0 Å². The average molecular weight is 510 g/mol. The number of benzene rings is 6. The van der Waals surface area contributed by atoms with Crippen molar-refractivity contribution >= 4 is 65.4 Å². The molecule has 0 N–H and O–H groups in total. The van der Waals surface area contributed by atoms with E-state index in [9.17, 15) is 0 Å². The lowest BCUT2D eigenvalue weighted by molar-refractivity contribution is 0.665. The van der Waals surface area contributed by atoms with Crippen molar-refractivity contribution in [3.05, 3.63) is 115 Å². The van der Waals surface area contributed by atoms with E-state index in [1.54, 1.807) is 0 Å². The maximum Gasteiger partial charge on any atom is 0.235 e. The number of nitrogens with zero attached hydrogens (tertiary/aromatic N) is 3. The van der Waals surface area contributed by atoms with E-state index in [1.807, 2.05) is 12.3 Å². The third-order valence-electron chi connectivity index (χ3n) is 8.59. The Bertz CT molecular complexity index is 2460. The molecule has 0 spiro atoms. The van der Waals surface area contributed by atoms with Gasteiger partial charge in [-0.25, -0.2) is 9.97 Å². The number of fused-ring (bicyclic) bond motifs is 7. The molecule has 40 heavy (non-hydrogen) atoms. The summed E-state index contributed by atoms with van der Waals surface area (Å²) in [5.74, 6) is 0.643. The number of furan rings is 1. The maximum atomic E-state index is 6.21. The van der Waals surface area contributed by atoms with Gasteiger partial charge in [-0.2, -0.15) is 0 Å². The van der Waals surface area contributed by atoms with Gasteiger partial charge >= 0.3 is 0 Å². The lowest BCUT2D eigenvalue weighted by Gasteiger charge is -2.12. The standard InChI is InChI=1S/C36H19N3O/c1-2-10-22-20(7-1)17-18-29-34(22)35-30(40-29)19-37-36(38-35)39-27-15-5-13-25-23-11-3-8-21-9-4-12-24(31(21)23)26-14-6-16-28(39)33(26)32(25)27/h1-19H. The first-order valence-corrected chi connectivity index (χ1v) is 13.5. The maximum absolute atomic E-state index is 6.21. The summed E-state index contributed by atoms with van der Waals surface area (Å²) in [6, 6.07) is 38.9. The van der Waals surface area contributed by atoms with Gasteiger partial charge in [-0.1, -0.05) is 91.0 Å². The van der Waals surface area contributed by atoms with Crippen molar-refractivity contribution < 1.29 is 4.42 Å². The molecule has 0 saturated carbocycles. The number of hydrogen-bond acceptors (Lipinski definition) is 3. The van der Waals surface area contributed by atoms with Crippen LogP contribution in [0.15, 0.2) is 120 Å². The highest BCUT2D eigenvalue weighted by Gasteiger charge is 2.25. The largest absolute Gasteiger partial charge is 0.453 e. The van der Waals surface area contributed by atoms with Gasteiger partial charge in [0, 0.05) is 10.8 Å². The molecule has 0 unspecified atom stereocenters. The van der Waals surface area contributed by atoms with Crippen LogP contribution in [-0.2, 0) is 0 Å². The minimum atomic E-state index is 0.643. The molecule has 1 aliphatic rings. The van der Waals surface area contributed by atoms with Gasteiger partial charge < -0.3 is 4.42 Å². The summed E-state index contributed by atoms with van der Waals surface area (Å²) in [4.78, 5) is 10.1. The Morgan fingerprint density at radius 1 is 0.500 bits per heavy atom. The van der Waals surface area contributed by atoms with Crippen LogP contribution in [0.4, 0.5) is 0 Å². The molecule has 0 fully saturated rings. The van der Waals surface area contributed by atoms with Crippen LogP contribution >= 0.6 is 0 Å². The van der Waals surface area contributed by atoms with Crippen molar-refractivity contribution in [2.75, 3.05) is 0 Å². The van der Waals surface area contributed by atoms with Gasteiger partial charge in [0.2, 0.25) is 5.95 Å². The zero-order valence-corrected chi connectivity index (χ0v) is 21.2. The summed E-state index contributed by atoms with van der Waals surface area (Å²) in [5.41, 5.74) is 9.56. The van der Waals surface area contributed by atoms with E-state index < -0.39 is 0 Å². The fraction of sp³-hybridized carbons (Fsp3) is 0. The van der Waals surface area contributed by atoms with Gasteiger partial charge in [-0.3, -0.25) is 4.57 Å². The second kappa shape index (κ2) is 7.13. The van der Waals surface area contributed by atoms with E-state index in [4.69, 9.17) is 14.4 Å². The van der Waals surface area contributed by atoms with Crippen molar-refractivity contribution in [3.63, 3.8) is 0 Å². The predicted octanol–water partition coefficient (Wildman–Crippen LogP) is 9.43. The second-order valence-electron chi connectivity index (χ2n) is 10.6.